The van der Waals surface area contributed by atoms with Gasteiger partial charge in [-0.25, -0.2) is 0 Å². The van der Waals surface area contributed by atoms with Crippen LogP contribution < -0.4 is 14.8 Å². The predicted octanol–water partition coefficient (Wildman–Crippen LogP) is 3.30. The molecule has 1 aromatic carbocycles. The van der Waals surface area contributed by atoms with Gasteiger partial charge in [-0.2, -0.15) is 0 Å². The predicted molar refractivity (Wildman–Crippen MR) is 82.7 cm³/mol. The standard InChI is InChI=1S/C17H25NO3/c1-3-16(17(19)18-13-7-5-4-6-8-13)21-15-11-9-14(20-2)10-12-15/h9-13,16H,3-8H2,1-2H3,(H,18,19). The summed E-state index contributed by atoms with van der Waals surface area (Å²) in [5.41, 5.74) is 0. The normalized spacial score (nSPS) is 17.0. The van der Waals surface area contributed by atoms with E-state index in [1.54, 1.807) is 7.11 Å². The smallest absolute Gasteiger partial charge is 0.261 e. The first-order valence-electron chi connectivity index (χ1n) is 7.84. The number of rotatable bonds is 6. The molecule has 4 nitrogen and oxygen atoms in total. The Morgan fingerprint density at radius 3 is 2.38 bits per heavy atom. The van der Waals surface area contributed by atoms with Gasteiger partial charge in [0, 0.05) is 6.04 Å². The largest absolute Gasteiger partial charge is 0.497 e. The van der Waals surface area contributed by atoms with Crippen molar-refractivity contribution in [3.05, 3.63) is 24.3 Å². The van der Waals surface area contributed by atoms with Gasteiger partial charge in [-0.1, -0.05) is 26.2 Å². The molecule has 0 heterocycles. The number of nitrogens with one attached hydrogen (secondary N) is 1. The summed E-state index contributed by atoms with van der Waals surface area (Å²) >= 11 is 0. The van der Waals surface area contributed by atoms with Crippen molar-refractivity contribution in [1.82, 2.24) is 5.32 Å². The third kappa shape index (κ3) is 4.66. The molecule has 4 heteroatoms. The van der Waals surface area contributed by atoms with Crippen molar-refractivity contribution in [3.63, 3.8) is 0 Å². The zero-order valence-electron chi connectivity index (χ0n) is 12.9. The van der Waals surface area contributed by atoms with E-state index in [1.165, 1.54) is 19.3 Å². The first-order chi connectivity index (χ1) is 10.2. The van der Waals surface area contributed by atoms with Crippen LogP contribution in [0.2, 0.25) is 0 Å². The molecule has 1 atom stereocenters. The second-order valence-electron chi connectivity index (χ2n) is 5.53. The van der Waals surface area contributed by atoms with Crippen LogP contribution in [0.1, 0.15) is 45.4 Å². The molecule has 1 amide bonds. The second-order valence-corrected chi connectivity index (χ2v) is 5.53. The number of carbonyl (C=O) groups is 1. The van der Waals surface area contributed by atoms with Crippen molar-refractivity contribution < 1.29 is 14.3 Å². The van der Waals surface area contributed by atoms with Crippen LogP contribution in [0.5, 0.6) is 11.5 Å². The maximum atomic E-state index is 12.3. The summed E-state index contributed by atoms with van der Waals surface area (Å²) in [4.78, 5) is 12.3. The topological polar surface area (TPSA) is 47.6 Å². The Balaban J connectivity index is 1.89. The summed E-state index contributed by atoms with van der Waals surface area (Å²) in [6.45, 7) is 1.97. The Morgan fingerprint density at radius 2 is 1.81 bits per heavy atom. The molecule has 1 N–H and O–H groups in total. The highest BCUT2D eigenvalue weighted by Crippen LogP contribution is 2.20. The van der Waals surface area contributed by atoms with Crippen LogP contribution in [0.15, 0.2) is 24.3 Å². The van der Waals surface area contributed by atoms with Gasteiger partial charge >= 0.3 is 0 Å². The van der Waals surface area contributed by atoms with Gasteiger partial charge in [0.15, 0.2) is 6.10 Å². The maximum Gasteiger partial charge on any atom is 0.261 e. The van der Waals surface area contributed by atoms with E-state index < -0.39 is 6.10 Å². The fourth-order valence-corrected chi connectivity index (χ4v) is 2.68. The first-order valence-corrected chi connectivity index (χ1v) is 7.84. The summed E-state index contributed by atoms with van der Waals surface area (Å²) in [5, 5.41) is 3.12. The summed E-state index contributed by atoms with van der Waals surface area (Å²) in [6, 6.07) is 7.65. The van der Waals surface area contributed by atoms with Crippen LogP contribution >= 0.6 is 0 Å². The van der Waals surface area contributed by atoms with Crippen LogP contribution in [0.4, 0.5) is 0 Å². The molecule has 1 saturated carbocycles. The molecule has 1 aliphatic carbocycles. The van der Waals surface area contributed by atoms with Gasteiger partial charge in [-0.05, 0) is 43.5 Å². The number of amides is 1. The minimum Gasteiger partial charge on any atom is -0.497 e. The van der Waals surface area contributed by atoms with Crippen molar-refractivity contribution in [2.75, 3.05) is 7.11 Å². The highest BCUT2D eigenvalue weighted by atomic mass is 16.5. The van der Waals surface area contributed by atoms with Crippen LogP contribution in [0, 0.1) is 0 Å². The van der Waals surface area contributed by atoms with Gasteiger partial charge < -0.3 is 14.8 Å². The van der Waals surface area contributed by atoms with Crippen molar-refractivity contribution >= 4 is 5.91 Å². The molecule has 2 rings (SSSR count). The van der Waals surface area contributed by atoms with Crippen molar-refractivity contribution in [2.24, 2.45) is 0 Å². The molecule has 0 radical (unpaired) electrons. The second kappa shape index (κ2) is 7.91. The minimum absolute atomic E-state index is 0.000202. The van der Waals surface area contributed by atoms with Gasteiger partial charge in [0.1, 0.15) is 11.5 Å². The van der Waals surface area contributed by atoms with E-state index >= 15 is 0 Å². The lowest BCUT2D eigenvalue weighted by Crippen LogP contribution is -2.44. The van der Waals surface area contributed by atoms with Crippen LogP contribution in [0.25, 0.3) is 0 Å². The molecule has 0 bridgehead atoms. The SMILES string of the molecule is CCC(Oc1ccc(OC)cc1)C(=O)NC1CCCCC1. The molecule has 0 aromatic heterocycles. The van der Waals surface area contributed by atoms with E-state index in [9.17, 15) is 4.79 Å². The Morgan fingerprint density at radius 1 is 1.19 bits per heavy atom. The van der Waals surface area contributed by atoms with E-state index in [-0.39, 0.29) is 5.91 Å². The van der Waals surface area contributed by atoms with Gasteiger partial charge in [-0.15, -0.1) is 0 Å². The fourth-order valence-electron chi connectivity index (χ4n) is 2.68. The van der Waals surface area contributed by atoms with Crippen LogP contribution in [-0.4, -0.2) is 25.2 Å². The number of ether oxygens (including phenoxy) is 2. The third-order valence-electron chi connectivity index (χ3n) is 3.95. The van der Waals surface area contributed by atoms with Crippen molar-refractivity contribution in [3.8, 4) is 11.5 Å². The quantitative estimate of drug-likeness (QED) is 0.874. The fraction of sp³-hybridized carbons (Fsp3) is 0.588. The number of benzene rings is 1. The van der Waals surface area contributed by atoms with Crippen molar-refractivity contribution in [1.29, 1.82) is 0 Å². The number of hydrogen-bond donors (Lipinski definition) is 1. The first kappa shape index (κ1) is 15.7. The summed E-state index contributed by atoms with van der Waals surface area (Å²) in [7, 11) is 1.63. The average Bonchev–Trinajstić information content (AvgIpc) is 2.54. The molecule has 116 valence electrons. The van der Waals surface area contributed by atoms with Crippen LogP contribution in [-0.2, 0) is 4.79 Å². The van der Waals surface area contributed by atoms with E-state index in [4.69, 9.17) is 9.47 Å². The molecule has 1 unspecified atom stereocenters. The van der Waals surface area contributed by atoms with Crippen LogP contribution in [0.3, 0.4) is 0 Å². The molecule has 0 saturated heterocycles. The zero-order valence-corrected chi connectivity index (χ0v) is 12.9. The van der Waals surface area contributed by atoms with Gasteiger partial charge in [0.2, 0.25) is 0 Å². The summed E-state index contributed by atoms with van der Waals surface area (Å²) in [5.74, 6) is 1.48. The number of hydrogen-bond acceptors (Lipinski definition) is 3. The van der Waals surface area contributed by atoms with Gasteiger partial charge in [0.25, 0.3) is 5.91 Å². The molecule has 0 aliphatic heterocycles. The van der Waals surface area contributed by atoms with Crippen molar-refractivity contribution in [2.45, 2.75) is 57.6 Å². The van der Waals surface area contributed by atoms with E-state index in [0.29, 0.717) is 18.2 Å². The summed E-state index contributed by atoms with van der Waals surface area (Å²) in [6.07, 6.45) is 6.11. The Bertz CT molecular complexity index is 438. The Labute approximate surface area is 126 Å². The lowest BCUT2D eigenvalue weighted by molar-refractivity contribution is -0.129. The van der Waals surface area contributed by atoms with Gasteiger partial charge in [0.05, 0.1) is 7.11 Å². The Hall–Kier alpha value is -1.71. The average molecular weight is 291 g/mol. The van der Waals surface area contributed by atoms with E-state index in [0.717, 1.165) is 18.6 Å². The highest BCUT2D eigenvalue weighted by Gasteiger charge is 2.22. The van der Waals surface area contributed by atoms with E-state index in [2.05, 4.69) is 5.32 Å². The third-order valence-corrected chi connectivity index (χ3v) is 3.95. The molecular weight excluding hydrogens is 266 g/mol. The van der Waals surface area contributed by atoms with E-state index in [1.807, 2.05) is 31.2 Å². The molecule has 1 aromatic rings. The highest BCUT2D eigenvalue weighted by molar-refractivity contribution is 5.81. The maximum absolute atomic E-state index is 12.3. The molecule has 0 spiro atoms. The van der Waals surface area contributed by atoms with Gasteiger partial charge in [-0.3, -0.25) is 4.79 Å². The minimum atomic E-state index is -0.430. The number of carbonyl (C=O) groups excluding carboxylic acids is 1. The lowest BCUT2D eigenvalue weighted by Gasteiger charge is -2.25. The monoisotopic (exact) mass is 291 g/mol. The lowest BCUT2D eigenvalue weighted by atomic mass is 9.95. The zero-order chi connectivity index (χ0) is 15.1. The molecule has 21 heavy (non-hydrogen) atoms. The number of methoxy groups -OCH3 is 1. The molecule has 1 aliphatic rings. The summed E-state index contributed by atoms with van der Waals surface area (Å²) < 4.78 is 10.9. The Kier molecular flexibility index (Phi) is 5.90. The molecule has 1 fully saturated rings. The molecular formula is C17H25NO3.